The van der Waals surface area contributed by atoms with Crippen LogP contribution in [0.1, 0.15) is 19.8 Å². The molecule has 13 heavy (non-hydrogen) atoms. The van der Waals surface area contributed by atoms with Crippen LogP contribution in [-0.4, -0.2) is 42.6 Å². The molecule has 0 aliphatic carbocycles. The van der Waals surface area contributed by atoms with Gasteiger partial charge in [0.1, 0.15) is 0 Å². The van der Waals surface area contributed by atoms with Crippen molar-refractivity contribution in [1.29, 1.82) is 0 Å². The molecule has 0 spiro atoms. The quantitative estimate of drug-likeness (QED) is 0.699. The van der Waals surface area contributed by atoms with Gasteiger partial charge in [-0.25, -0.2) is 0 Å². The van der Waals surface area contributed by atoms with E-state index in [1.165, 1.54) is 31.7 Å². The highest BCUT2D eigenvalue weighted by Crippen LogP contribution is 2.15. The molecule has 0 radical (unpaired) electrons. The fraction of sp³-hybridized carbons (Fsp3) is 1.00. The zero-order chi connectivity index (χ0) is 9.68. The third-order valence-corrected chi connectivity index (χ3v) is 3.29. The smallest absolute Gasteiger partial charge is 0.0170 e. The Morgan fingerprint density at radius 1 is 1.46 bits per heavy atom. The molecule has 2 atom stereocenters. The minimum Gasteiger partial charge on any atom is -0.327 e. The van der Waals surface area contributed by atoms with E-state index in [0.717, 1.165) is 12.5 Å². The lowest BCUT2D eigenvalue weighted by molar-refractivity contribution is 0.166. The highest BCUT2D eigenvalue weighted by molar-refractivity contribution is 7.98. The molecule has 1 heterocycles. The third-order valence-electron chi connectivity index (χ3n) is 2.59. The average molecular weight is 202 g/mol. The second kappa shape index (κ2) is 5.89. The molecule has 0 amide bonds. The molecule has 2 nitrogen and oxygen atoms in total. The SMILES string of the molecule is CSCCCN1CC(C)CC(N)C1. The zero-order valence-corrected chi connectivity index (χ0v) is 9.65. The van der Waals surface area contributed by atoms with Crippen LogP contribution < -0.4 is 5.73 Å². The first kappa shape index (κ1) is 11.3. The lowest BCUT2D eigenvalue weighted by Gasteiger charge is -2.34. The van der Waals surface area contributed by atoms with Gasteiger partial charge in [0.25, 0.3) is 0 Å². The minimum atomic E-state index is 0.415. The van der Waals surface area contributed by atoms with Gasteiger partial charge in [-0.3, -0.25) is 0 Å². The third kappa shape index (κ3) is 4.34. The van der Waals surface area contributed by atoms with Crippen LogP contribution in [-0.2, 0) is 0 Å². The van der Waals surface area contributed by atoms with Gasteiger partial charge in [0.2, 0.25) is 0 Å². The molecular formula is C10H22N2S. The Kier molecular flexibility index (Phi) is 5.14. The van der Waals surface area contributed by atoms with Crippen molar-refractivity contribution in [2.24, 2.45) is 11.7 Å². The number of nitrogens with zero attached hydrogens (tertiary/aromatic N) is 1. The molecule has 78 valence electrons. The van der Waals surface area contributed by atoms with Gasteiger partial charge in [-0.2, -0.15) is 11.8 Å². The summed E-state index contributed by atoms with van der Waals surface area (Å²) in [5.74, 6) is 2.07. The number of rotatable bonds is 4. The first-order chi connectivity index (χ1) is 6.22. The molecular weight excluding hydrogens is 180 g/mol. The Balaban J connectivity index is 2.17. The normalized spacial score (nSPS) is 30.7. The lowest BCUT2D eigenvalue weighted by atomic mass is 9.96. The standard InChI is InChI=1S/C10H22N2S/c1-9-6-10(11)8-12(7-9)4-3-5-13-2/h9-10H,3-8,11H2,1-2H3. The van der Waals surface area contributed by atoms with E-state index in [1.54, 1.807) is 0 Å². The second-order valence-electron chi connectivity index (χ2n) is 4.21. The summed E-state index contributed by atoms with van der Waals surface area (Å²) in [4.78, 5) is 2.52. The molecule has 0 saturated carbocycles. The molecule has 2 unspecified atom stereocenters. The van der Waals surface area contributed by atoms with Gasteiger partial charge in [0, 0.05) is 19.1 Å². The number of nitrogens with two attached hydrogens (primary N) is 1. The molecule has 1 saturated heterocycles. The van der Waals surface area contributed by atoms with Crippen molar-refractivity contribution in [3.05, 3.63) is 0 Å². The van der Waals surface area contributed by atoms with Crippen LogP contribution in [0.3, 0.4) is 0 Å². The van der Waals surface area contributed by atoms with Crippen LogP contribution in [0.4, 0.5) is 0 Å². The molecule has 0 aromatic heterocycles. The van der Waals surface area contributed by atoms with Crippen molar-refractivity contribution in [1.82, 2.24) is 4.90 Å². The molecule has 0 bridgehead atoms. The number of thioether (sulfide) groups is 1. The first-order valence-electron chi connectivity index (χ1n) is 5.19. The number of likely N-dealkylation sites (tertiary alicyclic amines) is 1. The predicted octanol–water partition coefficient (Wildman–Crippen LogP) is 1.41. The van der Waals surface area contributed by atoms with Crippen molar-refractivity contribution in [2.75, 3.05) is 31.6 Å². The number of piperidine rings is 1. The topological polar surface area (TPSA) is 29.3 Å². The maximum atomic E-state index is 5.97. The van der Waals surface area contributed by atoms with Crippen molar-refractivity contribution in [3.8, 4) is 0 Å². The Hall–Kier alpha value is 0.270. The zero-order valence-electron chi connectivity index (χ0n) is 8.83. The fourth-order valence-electron chi connectivity index (χ4n) is 2.13. The molecule has 1 fully saturated rings. The average Bonchev–Trinajstić information content (AvgIpc) is 2.03. The van der Waals surface area contributed by atoms with Gasteiger partial charge in [0.05, 0.1) is 0 Å². The van der Waals surface area contributed by atoms with E-state index in [2.05, 4.69) is 18.1 Å². The van der Waals surface area contributed by atoms with Crippen LogP contribution >= 0.6 is 11.8 Å². The van der Waals surface area contributed by atoms with E-state index in [4.69, 9.17) is 5.73 Å². The van der Waals surface area contributed by atoms with E-state index >= 15 is 0 Å². The highest BCUT2D eigenvalue weighted by Gasteiger charge is 2.21. The predicted molar refractivity (Wildman–Crippen MR) is 61.2 cm³/mol. The summed E-state index contributed by atoms with van der Waals surface area (Å²) in [6, 6.07) is 0.415. The molecule has 0 aromatic rings. The van der Waals surface area contributed by atoms with Crippen molar-refractivity contribution in [2.45, 2.75) is 25.8 Å². The van der Waals surface area contributed by atoms with Gasteiger partial charge in [-0.1, -0.05) is 6.92 Å². The molecule has 1 rings (SSSR count). The lowest BCUT2D eigenvalue weighted by Crippen LogP contribution is -2.46. The van der Waals surface area contributed by atoms with E-state index in [-0.39, 0.29) is 0 Å². The minimum absolute atomic E-state index is 0.415. The summed E-state index contributed by atoms with van der Waals surface area (Å²) in [5, 5.41) is 0. The van der Waals surface area contributed by atoms with Gasteiger partial charge in [0.15, 0.2) is 0 Å². The molecule has 1 aliphatic heterocycles. The maximum absolute atomic E-state index is 5.97. The first-order valence-corrected chi connectivity index (χ1v) is 6.58. The maximum Gasteiger partial charge on any atom is 0.0170 e. The summed E-state index contributed by atoms with van der Waals surface area (Å²) in [6.07, 6.45) is 4.68. The Morgan fingerprint density at radius 2 is 2.23 bits per heavy atom. The summed E-state index contributed by atoms with van der Waals surface area (Å²) in [5.41, 5.74) is 5.97. The van der Waals surface area contributed by atoms with Crippen molar-refractivity contribution >= 4 is 11.8 Å². The van der Waals surface area contributed by atoms with Gasteiger partial charge in [-0.05, 0) is 37.3 Å². The van der Waals surface area contributed by atoms with E-state index in [1.807, 2.05) is 11.8 Å². The molecule has 0 aromatic carbocycles. The number of hydrogen-bond acceptors (Lipinski definition) is 3. The fourth-order valence-corrected chi connectivity index (χ4v) is 2.55. The van der Waals surface area contributed by atoms with Crippen molar-refractivity contribution < 1.29 is 0 Å². The molecule has 1 aliphatic rings. The van der Waals surface area contributed by atoms with E-state index < -0.39 is 0 Å². The highest BCUT2D eigenvalue weighted by atomic mass is 32.2. The van der Waals surface area contributed by atoms with Crippen LogP contribution in [0.5, 0.6) is 0 Å². The van der Waals surface area contributed by atoms with Crippen LogP contribution in [0.15, 0.2) is 0 Å². The second-order valence-corrected chi connectivity index (χ2v) is 5.19. The van der Waals surface area contributed by atoms with Crippen molar-refractivity contribution in [3.63, 3.8) is 0 Å². The summed E-state index contributed by atoms with van der Waals surface area (Å²) < 4.78 is 0. The van der Waals surface area contributed by atoms with Gasteiger partial charge < -0.3 is 10.6 Å². The van der Waals surface area contributed by atoms with Crippen LogP contribution in [0.2, 0.25) is 0 Å². The Labute approximate surface area is 86.2 Å². The molecule has 2 N–H and O–H groups in total. The van der Waals surface area contributed by atoms with Gasteiger partial charge >= 0.3 is 0 Å². The molecule has 3 heteroatoms. The summed E-state index contributed by atoms with van der Waals surface area (Å²) >= 11 is 1.93. The Bertz CT molecular complexity index is 131. The summed E-state index contributed by atoms with van der Waals surface area (Å²) in [6.45, 7) is 5.90. The monoisotopic (exact) mass is 202 g/mol. The van der Waals surface area contributed by atoms with E-state index in [9.17, 15) is 0 Å². The van der Waals surface area contributed by atoms with Crippen LogP contribution in [0, 0.1) is 5.92 Å². The number of hydrogen-bond donors (Lipinski definition) is 1. The largest absolute Gasteiger partial charge is 0.327 e. The van der Waals surface area contributed by atoms with E-state index in [0.29, 0.717) is 6.04 Å². The van der Waals surface area contributed by atoms with Crippen LogP contribution in [0.25, 0.3) is 0 Å². The summed E-state index contributed by atoms with van der Waals surface area (Å²) in [7, 11) is 0. The Morgan fingerprint density at radius 3 is 2.85 bits per heavy atom. The van der Waals surface area contributed by atoms with Gasteiger partial charge in [-0.15, -0.1) is 0 Å².